The number of hydrogen-bond donors (Lipinski definition) is 0. The van der Waals surface area contributed by atoms with Crippen LogP contribution in [-0.4, -0.2) is 23.5 Å². The van der Waals surface area contributed by atoms with Gasteiger partial charge in [0.15, 0.2) is 0 Å². The molecule has 0 saturated heterocycles. The Morgan fingerprint density at radius 1 is 0.731 bits per heavy atom. The van der Waals surface area contributed by atoms with Crippen LogP contribution < -0.4 is 0 Å². The molecule has 0 bridgehead atoms. The molecule has 0 amide bonds. The molecule has 1 aliphatic rings. The Bertz CT molecular complexity index is 263. The van der Waals surface area contributed by atoms with Crippen molar-refractivity contribution < 1.29 is 0 Å². The maximum atomic E-state index is 2.39. The summed E-state index contributed by atoms with van der Waals surface area (Å²) < 4.78 is 0. The lowest BCUT2D eigenvalue weighted by molar-refractivity contribution is 0.336. The fraction of sp³-hybridized carbons (Fsp3) is 1.00. The van der Waals surface area contributed by atoms with Crippen LogP contribution in [0.4, 0.5) is 0 Å². The molecule has 0 aromatic heterocycles. The molecule has 26 heavy (non-hydrogen) atoms. The molecule has 1 saturated carbocycles. The maximum Gasteiger partial charge on any atom is -0.00362 e. The molecule has 0 aromatic carbocycles. The Labute approximate surface area is 175 Å². The first-order valence-corrected chi connectivity index (χ1v) is 14.3. The highest BCUT2D eigenvalue weighted by Crippen LogP contribution is 2.37. The summed E-state index contributed by atoms with van der Waals surface area (Å²) >= 11 is 4.32. The van der Waals surface area contributed by atoms with Gasteiger partial charge in [0.25, 0.3) is 0 Å². The molecule has 3 unspecified atom stereocenters. The Kier molecular flexibility index (Phi) is 21.0. The number of thioether (sulfide) groups is 2. The van der Waals surface area contributed by atoms with Crippen molar-refractivity contribution in [2.45, 2.75) is 111 Å². The number of hydrogen-bond acceptors (Lipinski definition) is 2. The average Bonchev–Trinajstić information content (AvgIpc) is 2.85. The summed E-state index contributed by atoms with van der Waals surface area (Å²) in [6.07, 6.45) is 20.9. The molecule has 158 valence electrons. The van der Waals surface area contributed by atoms with Gasteiger partial charge in [-0.2, -0.15) is 23.5 Å². The van der Waals surface area contributed by atoms with E-state index in [4.69, 9.17) is 0 Å². The van der Waals surface area contributed by atoms with Gasteiger partial charge in [0, 0.05) is 0 Å². The van der Waals surface area contributed by atoms with Crippen molar-refractivity contribution in [3.05, 3.63) is 0 Å². The van der Waals surface area contributed by atoms with E-state index in [1.165, 1.54) is 101 Å². The zero-order valence-corrected chi connectivity index (χ0v) is 20.5. The highest BCUT2D eigenvalue weighted by molar-refractivity contribution is 7.99. The first-order chi connectivity index (χ1) is 12.7. The first-order valence-electron chi connectivity index (χ1n) is 11.8. The van der Waals surface area contributed by atoms with Crippen LogP contribution in [-0.2, 0) is 0 Å². The van der Waals surface area contributed by atoms with Gasteiger partial charge in [0.05, 0.1) is 0 Å². The van der Waals surface area contributed by atoms with Gasteiger partial charge < -0.3 is 0 Å². The van der Waals surface area contributed by atoms with E-state index >= 15 is 0 Å². The third-order valence-electron chi connectivity index (χ3n) is 5.88. The van der Waals surface area contributed by atoms with E-state index < -0.39 is 0 Å². The standard InChI is InChI=1S/C18H36S2.C6H14/c1-4-6-7-8-12-20-15-17-11-9-10-16(5-2)13-18(17)14-19-3;1-3-5-6-4-2/h16-18H,4-15H2,1-3H3;3-6H2,1-2H3. The number of rotatable bonds is 13. The quantitative estimate of drug-likeness (QED) is 0.222. The Morgan fingerprint density at radius 2 is 1.38 bits per heavy atom. The second-order valence-corrected chi connectivity index (χ2v) is 10.3. The van der Waals surface area contributed by atoms with Crippen LogP contribution in [0.3, 0.4) is 0 Å². The molecule has 1 rings (SSSR count). The van der Waals surface area contributed by atoms with Crippen LogP contribution in [0, 0.1) is 17.8 Å². The van der Waals surface area contributed by atoms with Crippen LogP contribution in [0.25, 0.3) is 0 Å². The molecular weight excluding hydrogens is 352 g/mol. The van der Waals surface area contributed by atoms with Crippen LogP contribution in [0.15, 0.2) is 0 Å². The van der Waals surface area contributed by atoms with E-state index in [9.17, 15) is 0 Å². The minimum atomic E-state index is 1.00. The van der Waals surface area contributed by atoms with E-state index in [0.29, 0.717) is 0 Å². The van der Waals surface area contributed by atoms with E-state index in [-0.39, 0.29) is 0 Å². The first kappa shape index (κ1) is 26.7. The molecular formula is C24H50S2. The Morgan fingerprint density at radius 3 is 1.96 bits per heavy atom. The number of unbranched alkanes of at least 4 members (excludes halogenated alkanes) is 6. The maximum absolute atomic E-state index is 2.39. The predicted molar refractivity (Wildman–Crippen MR) is 129 cm³/mol. The largest absolute Gasteiger partial charge is 0.165 e. The van der Waals surface area contributed by atoms with E-state index in [2.05, 4.69) is 57.5 Å². The monoisotopic (exact) mass is 402 g/mol. The molecule has 0 heterocycles. The fourth-order valence-corrected chi connectivity index (χ4v) is 6.17. The third kappa shape index (κ3) is 14.7. The molecule has 0 radical (unpaired) electrons. The van der Waals surface area contributed by atoms with Gasteiger partial charge in [-0.1, -0.05) is 91.9 Å². The molecule has 0 aliphatic heterocycles. The van der Waals surface area contributed by atoms with Gasteiger partial charge in [0.2, 0.25) is 0 Å². The summed E-state index contributed by atoms with van der Waals surface area (Å²) in [7, 11) is 0. The van der Waals surface area contributed by atoms with Crippen molar-refractivity contribution in [1.82, 2.24) is 0 Å². The molecule has 0 spiro atoms. The molecule has 0 aromatic rings. The highest BCUT2D eigenvalue weighted by Gasteiger charge is 2.27. The molecule has 0 N–H and O–H groups in total. The van der Waals surface area contributed by atoms with Crippen LogP contribution in [0.5, 0.6) is 0 Å². The lowest BCUT2D eigenvalue weighted by Gasteiger charge is -2.26. The summed E-state index contributed by atoms with van der Waals surface area (Å²) in [4.78, 5) is 0. The molecule has 0 nitrogen and oxygen atoms in total. The summed E-state index contributed by atoms with van der Waals surface area (Å²) in [6.45, 7) is 9.16. The van der Waals surface area contributed by atoms with Crippen molar-refractivity contribution in [3.8, 4) is 0 Å². The van der Waals surface area contributed by atoms with Gasteiger partial charge in [-0.15, -0.1) is 0 Å². The minimum Gasteiger partial charge on any atom is -0.165 e. The van der Waals surface area contributed by atoms with Gasteiger partial charge in [-0.25, -0.2) is 0 Å². The van der Waals surface area contributed by atoms with Crippen LogP contribution >= 0.6 is 23.5 Å². The summed E-state index contributed by atoms with van der Waals surface area (Å²) in [5, 5.41) is 0. The van der Waals surface area contributed by atoms with Crippen molar-refractivity contribution in [2.24, 2.45) is 17.8 Å². The lowest BCUT2D eigenvalue weighted by atomic mass is 9.87. The topological polar surface area (TPSA) is 0 Å². The van der Waals surface area contributed by atoms with Crippen LogP contribution in [0.1, 0.15) is 111 Å². The summed E-state index contributed by atoms with van der Waals surface area (Å²) in [5.41, 5.74) is 0. The summed E-state index contributed by atoms with van der Waals surface area (Å²) in [5.74, 6) is 7.27. The second kappa shape index (κ2) is 20.4. The van der Waals surface area contributed by atoms with Crippen molar-refractivity contribution in [3.63, 3.8) is 0 Å². The van der Waals surface area contributed by atoms with E-state index in [1.807, 2.05) is 0 Å². The zero-order valence-electron chi connectivity index (χ0n) is 18.9. The third-order valence-corrected chi connectivity index (χ3v) is 7.88. The summed E-state index contributed by atoms with van der Waals surface area (Å²) in [6, 6.07) is 0. The molecule has 2 heteroatoms. The van der Waals surface area contributed by atoms with Crippen molar-refractivity contribution >= 4 is 23.5 Å². The fourth-order valence-electron chi connectivity index (χ4n) is 4.02. The van der Waals surface area contributed by atoms with E-state index in [1.54, 1.807) is 0 Å². The van der Waals surface area contributed by atoms with Crippen molar-refractivity contribution in [1.29, 1.82) is 0 Å². The zero-order chi connectivity index (χ0) is 19.5. The normalized spacial score (nSPS) is 23.2. The van der Waals surface area contributed by atoms with Gasteiger partial charge in [-0.05, 0) is 60.5 Å². The highest BCUT2D eigenvalue weighted by atomic mass is 32.2. The van der Waals surface area contributed by atoms with Gasteiger partial charge in [-0.3, -0.25) is 0 Å². The Hall–Kier alpha value is 0.700. The second-order valence-electron chi connectivity index (χ2n) is 8.26. The molecule has 1 fully saturated rings. The minimum absolute atomic E-state index is 1.00. The SMILES string of the molecule is CCCCCC.CCCCCCSCC1CCCC(CC)CC1CSC. The lowest BCUT2D eigenvalue weighted by Crippen LogP contribution is -2.20. The van der Waals surface area contributed by atoms with Gasteiger partial charge >= 0.3 is 0 Å². The van der Waals surface area contributed by atoms with Crippen LogP contribution in [0.2, 0.25) is 0 Å². The van der Waals surface area contributed by atoms with E-state index in [0.717, 1.165) is 17.8 Å². The van der Waals surface area contributed by atoms with Crippen molar-refractivity contribution in [2.75, 3.05) is 23.5 Å². The molecule has 1 aliphatic carbocycles. The average molecular weight is 403 g/mol. The van der Waals surface area contributed by atoms with Gasteiger partial charge in [0.1, 0.15) is 0 Å². The Balaban J connectivity index is 0.000000896. The smallest absolute Gasteiger partial charge is 0.00362 e. The predicted octanol–water partition coefficient (Wildman–Crippen LogP) is 9.08. The molecule has 3 atom stereocenters.